The molecule has 1 aliphatic rings. The van der Waals surface area contributed by atoms with E-state index in [2.05, 4.69) is 10.5 Å². The highest BCUT2D eigenvalue weighted by atomic mass is 16.6. The van der Waals surface area contributed by atoms with E-state index in [0.717, 1.165) is 17.0 Å². The molecule has 0 radical (unpaired) electrons. The number of hydrogen-bond donors (Lipinski definition) is 1. The first kappa shape index (κ1) is 15.4. The molecule has 5 nitrogen and oxygen atoms in total. The topological polar surface area (TPSA) is 59.9 Å². The summed E-state index contributed by atoms with van der Waals surface area (Å²) in [4.78, 5) is 17.3. The number of ether oxygens (including phenoxy) is 1. The van der Waals surface area contributed by atoms with Crippen molar-refractivity contribution in [2.24, 2.45) is 5.16 Å². The van der Waals surface area contributed by atoms with Gasteiger partial charge in [0.2, 0.25) is 6.10 Å². The van der Waals surface area contributed by atoms with Crippen molar-refractivity contribution in [3.63, 3.8) is 0 Å². The average molecular weight is 290 g/mol. The van der Waals surface area contributed by atoms with E-state index in [1.165, 1.54) is 0 Å². The lowest BCUT2D eigenvalue weighted by atomic mass is 10.0. The van der Waals surface area contributed by atoms with Crippen LogP contribution in [0.3, 0.4) is 0 Å². The smallest absolute Gasteiger partial charge is 0.264 e. The largest absolute Gasteiger partial charge is 0.497 e. The maximum atomic E-state index is 12.0. The van der Waals surface area contributed by atoms with Gasteiger partial charge in [-0.2, -0.15) is 0 Å². The van der Waals surface area contributed by atoms with Gasteiger partial charge in [-0.15, -0.1) is 0 Å². The fourth-order valence-corrected chi connectivity index (χ4v) is 2.14. The zero-order valence-corrected chi connectivity index (χ0v) is 13.0. The van der Waals surface area contributed by atoms with Gasteiger partial charge in [-0.25, -0.2) is 0 Å². The van der Waals surface area contributed by atoms with E-state index < -0.39 is 6.10 Å². The van der Waals surface area contributed by atoms with Gasteiger partial charge in [0.05, 0.1) is 12.8 Å². The standard InChI is InChI=1S/C16H22N2O3/c1-16(2,3)17-15(19)14-10-12(18-21-14)8-11-6-5-7-13(9-11)20-4/h5-7,9,14H,8,10H2,1-4H3,(H,17,19)/t14-/m1/s1. The van der Waals surface area contributed by atoms with Crippen LogP contribution in [0.4, 0.5) is 0 Å². The summed E-state index contributed by atoms with van der Waals surface area (Å²) >= 11 is 0. The summed E-state index contributed by atoms with van der Waals surface area (Å²) < 4.78 is 5.20. The minimum Gasteiger partial charge on any atom is -0.497 e. The second-order valence-corrected chi connectivity index (χ2v) is 6.22. The molecule has 0 unspecified atom stereocenters. The predicted molar refractivity (Wildman–Crippen MR) is 81.5 cm³/mol. The Morgan fingerprint density at radius 2 is 2.24 bits per heavy atom. The van der Waals surface area contributed by atoms with Crippen molar-refractivity contribution in [2.45, 2.75) is 45.3 Å². The van der Waals surface area contributed by atoms with Gasteiger partial charge in [-0.3, -0.25) is 4.79 Å². The highest BCUT2D eigenvalue weighted by Crippen LogP contribution is 2.18. The molecule has 1 heterocycles. The number of carbonyl (C=O) groups excluding carboxylic acids is 1. The summed E-state index contributed by atoms with van der Waals surface area (Å²) in [6, 6.07) is 7.81. The van der Waals surface area contributed by atoms with Crippen LogP contribution in [0.25, 0.3) is 0 Å². The zero-order chi connectivity index (χ0) is 15.5. The number of nitrogens with one attached hydrogen (secondary N) is 1. The molecular formula is C16H22N2O3. The third-order valence-electron chi connectivity index (χ3n) is 3.06. The first-order valence-corrected chi connectivity index (χ1v) is 7.04. The molecule has 1 aromatic rings. The molecule has 1 atom stereocenters. The fraction of sp³-hybridized carbons (Fsp3) is 0.500. The van der Waals surface area contributed by atoms with Crippen LogP contribution in [0.1, 0.15) is 32.8 Å². The maximum absolute atomic E-state index is 12.0. The van der Waals surface area contributed by atoms with Gasteiger partial charge in [-0.1, -0.05) is 17.3 Å². The van der Waals surface area contributed by atoms with E-state index in [1.807, 2.05) is 45.0 Å². The van der Waals surface area contributed by atoms with E-state index in [-0.39, 0.29) is 11.4 Å². The number of nitrogens with zero attached hydrogens (tertiary/aromatic N) is 1. The third-order valence-corrected chi connectivity index (χ3v) is 3.06. The van der Waals surface area contributed by atoms with Crippen LogP contribution in [-0.2, 0) is 16.1 Å². The van der Waals surface area contributed by atoms with E-state index >= 15 is 0 Å². The molecule has 0 aromatic heterocycles. The normalized spacial score (nSPS) is 17.9. The molecule has 5 heteroatoms. The second kappa shape index (κ2) is 6.16. The summed E-state index contributed by atoms with van der Waals surface area (Å²) in [5.74, 6) is 0.695. The molecular weight excluding hydrogens is 268 g/mol. The van der Waals surface area contributed by atoms with Crippen LogP contribution in [0.2, 0.25) is 0 Å². The molecule has 0 saturated carbocycles. The van der Waals surface area contributed by atoms with Gasteiger partial charge < -0.3 is 14.9 Å². The Hall–Kier alpha value is -2.04. The molecule has 0 spiro atoms. The van der Waals surface area contributed by atoms with Crippen molar-refractivity contribution >= 4 is 11.6 Å². The lowest BCUT2D eigenvalue weighted by Gasteiger charge is -2.22. The van der Waals surface area contributed by atoms with Crippen LogP contribution < -0.4 is 10.1 Å². The number of amides is 1. The van der Waals surface area contributed by atoms with Gasteiger partial charge in [0.15, 0.2) is 0 Å². The quantitative estimate of drug-likeness (QED) is 0.925. The Balaban J connectivity index is 1.91. The fourth-order valence-electron chi connectivity index (χ4n) is 2.14. The van der Waals surface area contributed by atoms with Crippen molar-refractivity contribution in [2.75, 3.05) is 7.11 Å². The van der Waals surface area contributed by atoms with Crippen molar-refractivity contribution in [1.82, 2.24) is 5.32 Å². The van der Waals surface area contributed by atoms with Gasteiger partial charge >= 0.3 is 0 Å². The van der Waals surface area contributed by atoms with Crippen molar-refractivity contribution in [3.05, 3.63) is 29.8 Å². The summed E-state index contributed by atoms with van der Waals surface area (Å²) in [5.41, 5.74) is 1.70. The molecule has 0 fully saturated rings. The van der Waals surface area contributed by atoms with E-state index in [1.54, 1.807) is 7.11 Å². The molecule has 1 amide bonds. The average Bonchev–Trinajstić information content (AvgIpc) is 2.85. The first-order chi connectivity index (χ1) is 9.87. The summed E-state index contributed by atoms with van der Waals surface area (Å²) in [6.07, 6.45) is 0.667. The second-order valence-electron chi connectivity index (χ2n) is 6.22. The number of methoxy groups -OCH3 is 1. The molecule has 0 saturated heterocycles. The number of benzene rings is 1. The maximum Gasteiger partial charge on any atom is 0.264 e. The number of rotatable bonds is 4. The third kappa shape index (κ3) is 4.48. The van der Waals surface area contributed by atoms with E-state index in [9.17, 15) is 4.79 Å². The van der Waals surface area contributed by atoms with Crippen molar-refractivity contribution < 1.29 is 14.4 Å². The van der Waals surface area contributed by atoms with E-state index in [4.69, 9.17) is 9.57 Å². The van der Waals surface area contributed by atoms with Crippen LogP contribution in [-0.4, -0.2) is 30.4 Å². The Labute approximate surface area is 125 Å². The van der Waals surface area contributed by atoms with Crippen LogP contribution in [0.15, 0.2) is 29.4 Å². The zero-order valence-electron chi connectivity index (χ0n) is 13.0. The van der Waals surface area contributed by atoms with Crippen LogP contribution in [0.5, 0.6) is 5.75 Å². The lowest BCUT2D eigenvalue weighted by Crippen LogP contribution is -2.45. The Morgan fingerprint density at radius 3 is 2.90 bits per heavy atom. The van der Waals surface area contributed by atoms with Gasteiger partial charge in [0.1, 0.15) is 5.75 Å². The van der Waals surface area contributed by atoms with Crippen LogP contribution in [0, 0.1) is 0 Å². The molecule has 1 aliphatic heterocycles. The van der Waals surface area contributed by atoms with E-state index in [0.29, 0.717) is 12.8 Å². The Kier molecular flexibility index (Phi) is 4.50. The number of oxime groups is 1. The molecule has 0 bridgehead atoms. The SMILES string of the molecule is COc1cccc(CC2=NO[C@@H](C(=O)NC(C)(C)C)C2)c1. The molecule has 1 aromatic carbocycles. The lowest BCUT2D eigenvalue weighted by molar-refractivity contribution is -0.132. The molecule has 2 rings (SSSR count). The van der Waals surface area contributed by atoms with Crippen LogP contribution >= 0.6 is 0 Å². The summed E-state index contributed by atoms with van der Waals surface area (Å²) in [5, 5.41) is 6.94. The van der Waals surface area contributed by atoms with Crippen molar-refractivity contribution in [1.29, 1.82) is 0 Å². The van der Waals surface area contributed by atoms with Gasteiger partial charge in [0.25, 0.3) is 5.91 Å². The molecule has 1 N–H and O–H groups in total. The summed E-state index contributed by atoms with van der Waals surface area (Å²) in [6.45, 7) is 5.83. The number of carbonyl (C=O) groups is 1. The minimum absolute atomic E-state index is 0.119. The monoisotopic (exact) mass is 290 g/mol. The predicted octanol–water partition coefficient (Wildman–Crippen LogP) is 2.30. The molecule has 21 heavy (non-hydrogen) atoms. The molecule has 114 valence electrons. The first-order valence-electron chi connectivity index (χ1n) is 7.04. The summed E-state index contributed by atoms with van der Waals surface area (Å²) in [7, 11) is 1.64. The number of hydrogen-bond acceptors (Lipinski definition) is 4. The highest BCUT2D eigenvalue weighted by Gasteiger charge is 2.30. The molecule has 0 aliphatic carbocycles. The highest BCUT2D eigenvalue weighted by molar-refractivity contribution is 5.94. The minimum atomic E-state index is -0.523. The van der Waals surface area contributed by atoms with Crippen molar-refractivity contribution in [3.8, 4) is 5.75 Å². The van der Waals surface area contributed by atoms with Gasteiger partial charge in [0, 0.05) is 18.4 Å². The Morgan fingerprint density at radius 1 is 1.48 bits per heavy atom. The Bertz CT molecular complexity index is 547. The van der Waals surface area contributed by atoms with Gasteiger partial charge in [-0.05, 0) is 38.5 Å².